The third-order valence-corrected chi connectivity index (χ3v) is 3.97. The Morgan fingerprint density at radius 3 is 2.79 bits per heavy atom. The zero-order valence-corrected chi connectivity index (χ0v) is 11.7. The summed E-state index contributed by atoms with van der Waals surface area (Å²) in [5.74, 6) is -0.790. The van der Waals surface area contributed by atoms with Crippen molar-refractivity contribution in [2.24, 2.45) is 0 Å². The van der Waals surface area contributed by atoms with Crippen molar-refractivity contribution < 1.29 is 14.6 Å². The van der Waals surface area contributed by atoms with Gasteiger partial charge in [-0.25, -0.2) is 0 Å². The lowest BCUT2D eigenvalue weighted by atomic mass is 10.00. The fourth-order valence-corrected chi connectivity index (χ4v) is 2.54. The van der Waals surface area contributed by atoms with E-state index in [1.165, 1.54) is 0 Å². The van der Waals surface area contributed by atoms with E-state index in [-0.39, 0.29) is 0 Å². The Kier molecular flexibility index (Phi) is 4.80. The standard InChI is InChI=1S/C14H18ClNO3/c1-10-11(3-2-4-12(10)15)9-13(14(17)18)16-5-7-19-8-6-16/h2-4,13H,5-9H2,1H3,(H,17,18)/t13-/m0/s1. The fraction of sp³-hybridized carbons (Fsp3) is 0.500. The highest BCUT2D eigenvalue weighted by atomic mass is 35.5. The molecule has 1 aromatic carbocycles. The average Bonchev–Trinajstić information content (AvgIpc) is 2.41. The van der Waals surface area contributed by atoms with E-state index in [2.05, 4.69) is 0 Å². The molecule has 1 aliphatic rings. The second-order valence-electron chi connectivity index (χ2n) is 4.73. The highest BCUT2D eigenvalue weighted by Crippen LogP contribution is 2.21. The number of carboxylic acids is 1. The molecule has 1 saturated heterocycles. The summed E-state index contributed by atoms with van der Waals surface area (Å²) in [7, 11) is 0. The van der Waals surface area contributed by atoms with E-state index in [1.54, 1.807) is 0 Å². The van der Waals surface area contributed by atoms with Crippen molar-refractivity contribution >= 4 is 17.6 Å². The largest absolute Gasteiger partial charge is 0.480 e. The molecule has 0 radical (unpaired) electrons. The van der Waals surface area contributed by atoms with Crippen molar-refractivity contribution in [2.75, 3.05) is 26.3 Å². The molecule has 5 heteroatoms. The molecule has 2 rings (SSSR count). The maximum Gasteiger partial charge on any atom is 0.321 e. The van der Waals surface area contributed by atoms with Crippen LogP contribution in [0.3, 0.4) is 0 Å². The van der Waals surface area contributed by atoms with Crippen LogP contribution in [0.1, 0.15) is 11.1 Å². The van der Waals surface area contributed by atoms with Crippen LogP contribution < -0.4 is 0 Å². The van der Waals surface area contributed by atoms with Crippen molar-refractivity contribution in [3.05, 3.63) is 34.3 Å². The minimum atomic E-state index is -0.790. The van der Waals surface area contributed by atoms with Gasteiger partial charge in [-0.05, 0) is 30.5 Å². The zero-order valence-electron chi connectivity index (χ0n) is 10.9. The third-order valence-electron chi connectivity index (χ3n) is 3.56. The summed E-state index contributed by atoms with van der Waals surface area (Å²) in [5.41, 5.74) is 1.95. The molecule has 1 N–H and O–H groups in total. The number of hydrogen-bond donors (Lipinski definition) is 1. The van der Waals surface area contributed by atoms with Gasteiger partial charge in [0.2, 0.25) is 0 Å². The molecule has 0 spiro atoms. The maximum absolute atomic E-state index is 11.5. The number of carboxylic acid groups (broad SMARTS) is 1. The number of benzene rings is 1. The van der Waals surface area contributed by atoms with Crippen LogP contribution in [0.5, 0.6) is 0 Å². The Morgan fingerprint density at radius 1 is 1.47 bits per heavy atom. The van der Waals surface area contributed by atoms with Gasteiger partial charge in [0, 0.05) is 18.1 Å². The molecule has 0 saturated carbocycles. The van der Waals surface area contributed by atoms with Crippen molar-refractivity contribution in [2.45, 2.75) is 19.4 Å². The molecular weight excluding hydrogens is 266 g/mol. The molecule has 4 nitrogen and oxygen atoms in total. The number of nitrogens with zero attached hydrogens (tertiary/aromatic N) is 1. The number of morpholine rings is 1. The molecule has 0 aromatic heterocycles. The summed E-state index contributed by atoms with van der Waals surface area (Å²) in [6.07, 6.45) is 0.474. The summed E-state index contributed by atoms with van der Waals surface area (Å²) in [4.78, 5) is 13.4. The monoisotopic (exact) mass is 283 g/mol. The lowest BCUT2D eigenvalue weighted by molar-refractivity contribution is -0.145. The number of aliphatic carboxylic acids is 1. The Hall–Kier alpha value is -1.10. The highest BCUT2D eigenvalue weighted by molar-refractivity contribution is 6.31. The Morgan fingerprint density at radius 2 is 2.16 bits per heavy atom. The number of halogens is 1. The van der Waals surface area contributed by atoms with E-state index in [0.717, 1.165) is 11.1 Å². The first-order chi connectivity index (χ1) is 9.09. The Labute approximate surface area is 117 Å². The zero-order chi connectivity index (χ0) is 13.8. The molecule has 1 heterocycles. The summed E-state index contributed by atoms with van der Waals surface area (Å²) in [6, 6.07) is 5.12. The van der Waals surface area contributed by atoms with E-state index in [1.807, 2.05) is 30.0 Å². The van der Waals surface area contributed by atoms with Crippen LogP contribution >= 0.6 is 11.6 Å². The van der Waals surface area contributed by atoms with Crippen LogP contribution in [0.4, 0.5) is 0 Å². The first-order valence-corrected chi connectivity index (χ1v) is 6.76. The average molecular weight is 284 g/mol. The number of carbonyl (C=O) groups is 1. The van der Waals surface area contributed by atoms with Gasteiger partial charge in [0.15, 0.2) is 0 Å². The second kappa shape index (κ2) is 6.37. The summed E-state index contributed by atoms with van der Waals surface area (Å²) < 4.78 is 5.27. The number of hydrogen-bond acceptors (Lipinski definition) is 3. The molecule has 0 amide bonds. The Balaban J connectivity index is 2.16. The lowest BCUT2D eigenvalue weighted by Crippen LogP contribution is -2.48. The van der Waals surface area contributed by atoms with E-state index in [9.17, 15) is 9.90 Å². The van der Waals surface area contributed by atoms with Gasteiger partial charge in [-0.3, -0.25) is 9.69 Å². The predicted molar refractivity (Wildman–Crippen MR) is 73.7 cm³/mol. The van der Waals surface area contributed by atoms with E-state index in [4.69, 9.17) is 16.3 Å². The van der Waals surface area contributed by atoms with Gasteiger partial charge in [-0.15, -0.1) is 0 Å². The van der Waals surface area contributed by atoms with E-state index >= 15 is 0 Å². The smallest absolute Gasteiger partial charge is 0.321 e. The van der Waals surface area contributed by atoms with Gasteiger partial charge in [-0.2, -0.15) is 0 Å². The van der Waals surface area contributed by atoms with Gasteiger partial charge >= 0.3 is 5.97 Å². The van der Waals surface area contributed by atoms with Crippen molar-refractivity contribution in [3.8, 4) is 0 Å². The molecule has 1 aromatic rings. The quantitative estimate of drug-likeness (QED) is 0.918. The number of rotatable bonds is 4. The molecule has 19 heavy (non-hydrogen) atoms. The van der Waals surface area contributed by atoms with Gasteiger partial charge in [-0.1, -0.05) is 23.7 Å². The van der Waals surface area contributed by atoms with Crippen LogP contribution in [0.25, 0.3) is 0 Å². The van der Waals surface area contributed by atoms with Gasteiger partial charge in [0.25, 0.3) is 0 Å². The second-order valence-corrected chi connectivity index (χ2v) is 5.14. The Bertz CT molecular complexity index is 458. The van der Waals surface area contributed by atoms with E-state index < -0.39 is 12.0 Å². The molecule has 0 unspecified atom stereocenters. The van der Waals surface area contributed by atoms with Crippen LogP contribution in [-0.4, -0.2) is 48.3 Å². The molecule has 0 bridgehead atoms. The van der Waals surface area contributed by atoms with Crippen LogP contribution in [0.15, 0.2) is 18.2 Å². The number of ether oxygens (including phenoxy) is 1. The molecule has 1 aliphatic heterocycles. The predicted octanol–water partition coefficient (Wildman–Crippen LogP) is 1.98. The third kappa shape index (κ3) is 3.47. The van der Waals surface area contributed by atoms with Crippen LogP contribution in [0, 0.1) is 6.92 Å². The topological polar surface area (TPSA) is 49.8 Å². The van der Waals surface area contributed by atoms with Crippen molar-refractivity contribution in [1.29, 1.82) is 0 Å². The molecular formula is C14H18ClNO3. The lowest BCUT2D eigenvalue weighted by Gasteiger charge is -2.32. The first-order valence-electron chi connectivity index (χ1n) is 6.38. The molecule has 104 valence electrons. The van der Waals surface area contributed by atoms with Crippen molar-refractivity contribution in [1.82, 2.24) is 4.90 Å². The molecule has 1 atom stereocenters. The van der Waals surface area contributed by atoms with Crippen molar-refractivity contribution in [3.63, 3.8) is 0 Å². The SMILES string of the molecule is Cc1c(Cl)cccc1C[C@@H](C(=O)O)N1CCOCC1. The summed E-state index contributed by atoms with van der Waals surface area (Å²) in [6.45, 7) is 4.44. The van der Waals surface area contributed by atoms with Crippen LogP contribution in [-0.2, 0) is 16.0 Å². The minimum Gasteiger partial charge on any atom is -0.480 e. The fourth-order valence-electron chi connectivity index (χ4n) is 2.34. The van der Waals surface area contributed by atoms with Gasteiger partial charge in [0.05, 0.1) is 13.2 Å². The summed E-state index contributed by atoms with van der Waals surface area (Å²) >= 11 is 6.08. The molecule has 1 fully saturated rings. The van der Waals surface area contributed by atoms with E-state index in [0.29, 0.717) is 37.7 Å². The van der Waals surface area contributed by atoms with Crippen LogP contribution in [0.2, 0.25) is 5.02 Å². The minimum absolute atomic E-state index is 0.474. The van der Waals surface area contributed by atoms with Gasteiger partial charge in [0.1, 0.15) is 6.04 Å². The first kappa shape index (κ1) is 14.3. The summed E-state index contributed by atoms with van der Waals surface area (Å²) in [5, 5.41) is 10.1. The molecule has 0 aliphatic carbocycles. The maximum atomic E-state index is 11.5. The normalized spacial score (nSPS) is 18.2. The van der Waals surface area contributed by atoms with Gasteiger partial charge < -0.3 is 9.84 Å². The highest BCUT2D eigenvalue weighted by Gasteiger charge is 2.27.